The molecule has 1 unspecified atom stereocenters. The van der Waals surface area contributed by atoms with Crippen molar-refractivity contribution in [2.24, 2.45) is 5.92 Å². The van der Waals surface area contributed by atoms with Gasteiger partial charge in [-0.05, 0) is 25.7 Å². The third kappa shape index (κ3) is 3.61. The van der Waals surface area contributed by atoms with E-state index in [1.807, 2.05) is 4.90 Å². The molecule has 2 rings (SSSR count). The van der Waals surface area contributed by atoms with Crippen molar-refractivity contribution in [3.8, 4) is 0 Å². The lowest BCUT2D eigenvalue weighted by atomic mass is 9.96. The van der Waals surface area contributed by atoms with Crippen LogP contribution in [0.2, 0.25) is 0 Å². The molecule has 0 saturated carbocycles. The van der Waals surface area contributed by atoms with Crippen molar-refractivity contribution in [1.29, 1.82) is 0 Å². The Morgan fingerprint density at radius 1 is 0.947 bits per heavy atom. The highest BCUT2D eigenvalue weighted by atomic mass is 16.5. The smallest absolute Gasteiger partial charge is 0.409 e. The lowest BCUT2D eigenvalue weighted by Gasteiger charge is -2.33. The van der Waals surface area contributed by atoms with E-state index in [4.69, 9.17) is 4.74 Å². The van der Waals surface area contributed by atoms with Crippen molar-refractivity contribution >= 4 is 12.0 Å². The number of amides is 2. The molecule has 19 heavy (non-hydrogen) atoms. The van der Waals surface area contributed by atoms with Gasteiger partial charge in [0.1, 0.15) is 0 Å². The monoisotopic (exact) mass is 268 g/mol. The first-order valence-corrected chi connectivity index (χ1v) is 7.34. The maximum absolute atomic E-state index is 12.5. The molecule has 2 saturated heterocycles. The maximum Gasteiger partial charge on any atom is 0.409 e. The van der Waals surface area contributed by atoms with Crippen molar-refractivity contribution in [3.63, 3.8) is 0 Å². The van der Waals surface area contributed by atoms with Gasteiger partial charge in [-0.1, -0.05) is 12.8 Å². The molecule has 2 heterocycles. The number of methoxy groups -OCH3 is 1. The van der Waals surface area contributed by atoms with Gasteiger partial charge < -0.3 is 14.5 Å². The Morgan fingerprint density at radius 3 is 2.21 bits per heavy atom. The van der Waals surface area contributed by atoms with Crippen LogP contribution < -0.4 is 0 Å². The van der Waals surface area contributed by atoms with Crippen molar-refractivity contribution < 1.29 is 14.3 Å². The molecule has 2 fully saturated rings. The molecule has 0 radical (unpaired) electrons. The first-order chi connectivity index (χ1) is 9.22. The second kappa shape index (κ2) is 6.78. The normalized spacial score (nSPS) is 24.8. The number of likely N-dealkylation sites (tertiary alicyclic amines) is 2. The Kier molecular flexibility index (Phi) is 5.05. The van der Waals surface area contributed by atoms with E-state index in [0.717, 1.165) is 38.8 Å². The molecule has 5 nitrogen and oxygen atoms in total. The molecule has 108 valence electrons. The number of rotatable bonds is 1. The van der Waals surface area contributed by atoms with Crippen molar-refractivity contribution in [2.75, 3.05) is 33.3 Å². The summed E-state index contributed by atoms with van der Waals surface area (Å²) in [6.45, 7) is 2.99. The zero-order valence-corrected chi connectivity index (χ0v) is 11.8. The summed E-state index contributed by atoms with van der Waals surface area (Å²) in [7, 11) is 1.39. The minimum atomic E-state index is -0.312. The molecule has 0 aromatic carbocycles. The largest absolute Gasteiger partial charge is 0.453 e. The van der Waals surface area contributed by atoms with Gasteiger partial charge in [0.05, 0.1) is 13.0 Å². The average Bonchev–Trinajstić information content (AvgIpc) is 2.75. The van der Waals surface area contributed by atoms with Crippen LogP contribution in [-0.4, -0.2) is 55.1 Å². The summed E-state index contributed by atoms with van der Waals surface area (Å²) >= 11 is 0. The Hall–Kier alpha value is -1.26. The van der Waals surface area contributed by atoms with Gasteiger partial charge >= 0.3 is 6.09 Å². The van der Waals surface area contributed by atoms with Gasteiger partial charge in [0, 0.05) is 26.2 Å². The summed E-state index contributed by atoms with van der Waals surface area (Å²) < 4.78 is 4.75. The number of hydrogen-bond acceptors (Lipinski definition) is 3. The van der Waals surface area contributed by atoms with Crippen molar-refractivity contribution in [2.45, 2.75) is 38.5 Å². The van der Waals surface area contributed by atoms with Crippen molar-refractivity contribution in [3.05, 3.63) is 0 Å². The molecule has 0 N–H and O–H groups in total. The van der Waals surface area contributed by atoms with Crippen LogP contribution in [0.1, 0.15) is 38.5 Å². The lowest BCUT2D eigenvalue weighted by molar-refractivity contribution is -0.137. The predicted octanol–water partition coefficient (Wildman–Crippen LogP) is 1.87. The number of piperidine rings is 1. The molecule has 0 spiro atoms. The molecule has 2 aliphatic heterocycles. The van der Waals surface area contributed by atoms with Gasteiger partial charge in [-0.3, -0.25) is 4.79 Å². The highest BCUT2D eigenvalue weighted by Gasteiger charge is 2.31. The predicted molar refractivity (Wildman–Crippen MR) is 71.8 cm³/mol. The summed E-state index contributed by atoms with van der Waals surface area (Å²) in [5.41, 5.74) is 0. The van der Waals surface area contributed by atoms with Crippen LogP contribution in [0, 0.1) is 5.92 Å². The topological polar surface area (TPSA) is 49.9 Å². The zero-order chi connectivity index (χ0) is 13.7. The average molecular weight is 268 g/mol. The Balaban J connectivity index is 1.92. The number of hydrogen-bond donors (Lipinski definition) is 0. The second-order valence-electron chi connectivity index (χ2n) is 5.49. The van der Waals surface area contributed by atoms with E-state index in [1.54, 1.807) is 4.90 Å². The highest BCUT2D eigenvalue weighted by molar-refractivity contribution is 5.80. The van der Waals surface area contributed by atoms with Crippen LogP contribution in [0.3, 0.4) is 0 Å². The quantitative estimate of drug-likeness (QED) is 0.729. The molecule has 0 aromatic heterocycles. The Bertz CT molecular complexity index is 325. The van der Waals surface area contributed by atoms with E-state index < -0.39 is 0 Å². The fourth-order valence-electron chi connectivity index (χ4n) is 3.02. The first-order valence-electron chi connectivity index (χ1n) is 7.34. The van der Waals surface area contributed by atoms with Crippen LogP contribution in [-0.2, 0) is 9.53 Å². The summed E-state index contributed by atoms with van der Waals surface area (Å²) in [5.74, 6) is 0.196. The second-order valence-corrected chi connectivity index (χ2v) is 5.49. The van der Waals surface area contributed by atoms with Gasteiger partial charge in [-0.25, -0.2) is 4.79 Å². The van der Waals surface area contributed by atoms with Gasteiger partial charge in [0.2, 0.25) is 5.91 Å². The SMILES string of the molecule is COC(=O)N1CCCC(C(=O)N2CCCCCC2)C1. The number of nitrogens with zero attached hydrogens (tertiary/aromatic N) is 2. The lowest BCUT2D eigenvalue weighted by Crippen LogP contribution is -2.47. The number of ether oxygens (including phenoxy) is 1. The van der Waals surface area contributed by atoms with Gasteiger partial charge in [0.15, 0.2) is 0 Å². The van der Waals surface area contributed by atoms with E-state index in [9.17, 15) is 9.59 Å². The minimum Gasteiger partial charge on any atom is -0.453 e. The summed E-state index contributed by atoms with van der Waals surface area (Å²) in [5, 5.41) is 0. The van der Waals surface area contributed by atoms with Crippen LogP contribution in [0.25, 0.3) is 0 Å². The number of carbonyl (C=O) groups excluding carboxylic acids is 2. The summed E-state index contributed by atoms with van der Waals surface area (Å²) in [6, 6.07) is 0. The molecule has 2 amide bonds. The van der Waals surface area contributed by atoms with E-state index in [1.165, 1.54) is 20.0 Å². The third-order valence-corrected chi connectivity index (χ3v) is 4.12. The van der Waals surface area contributed by atoms with Gasteiger partial charge in [-0.2, -0.15) is 0 Å². The fourth-order valence-corrected chi connectivity index (χ4v) is 3.02. The fraction of sp³-hybridized carbons (Fsp3) is 0.857. The summed E-state index contributed by atoms with van der Waals surface area (Å²) in [6.07, 6.45) is 6.14. The molecular weight excluding hydrogens is 244 g/mol. The van der Waals surface area contributed by atoms with Gasteiger partial charge in [0.25, 0.3) is 0 Å². The molecular formula is C14H24N2O3. The maximum atomic E-state index is 12.5. The third-order valence-electron chi connectivity index (χ3n) is 4.12. The number of carbonyl (C=O) groups is 2. The van der Waals surface area contributed by atoms with Crippen LogP contribution >= 0.6 is 0 Å². The van der Waals surface area contributed by atoms with Crippen LogP contribution in [0.4, 0.5) is 4.79 Å². The van der Waals surface area contributed by atoms with E-state index in [0.29, 0.717) is 13.1 Å². The Labute approximate surface area is 114 Å². The van der Waals surface area contributed by atoms with Gasteiger partial charge in [-0.15, -0.1) is 0 Å². The molecule has 0 bridgehead atoms. The zero-order valence-electron chi connectivity index (χ0n) is 11.8. The Morgan fingerprint density at radius 2 is 1.58 bits per heavy atom. The standard InChI is InChI=1S/C14H24N2O3/c1-19-14(18)16-10-6-7-12(11-16)13(17)15-8-4-2-3-5-9-15/h12H,2-11H2,1H3. The van der Waals surface area contributed by atoms with E-state index >= 15 is 0 Å². The van der Waals surface area contributed by atoms with Crippen LogP contribution in [0.15, 0.2) is 0 Å². The molecule has 2 aliphatic rings. The highest BCUT2D eigenvalue weighted by Crippen LogP contribution is 2.21. The molecule has 0 aromatic rings. The molecule has 5 heteroatoms. The first kappa shape index (κ1) is 14.2. The minimum absolute atomic E-state index is 0.0362. The summed E-state index contributed by atoms with van der Waals surface area (Å²) in [4.78, 5) is 27.7. The van der Waals surface area contributed by atoms with Crippen LogP contribution in [0.5, 0.6) is 0 Å². The van der Waals surface area contributed by atoms with E-state index in [-0.39, 0.29) is 17.9 Å². The van der Waals surface area contributed by atoms with E-state index in [2.05, 4.69) is 0 Å². The molecule has 1 atom stereocenters. The molecule has 0 aliphatic carbocycles. The van der Waals surface area contributed by atoms with Crippen molar-refractivity contribution in [1.82, 2.24) is 9.80 Å².